The first-order valence-electron chi connectivity index (χ1n) is 8.30. The fraction of sp³-hybridized carbons (Fsp3) is 0. The Bertz CT molecular complexity index is 1190. The van der Waals surface area contributed by atoms with Crippen molar-refractivity contribution in [1.82, 2.24) is 0 Å². The molecule has 5 aromatic carbocycles. The topological polar surface area (TPSA) is 0 Å². The van der Waals surface area contributed by atoms with Crippen LogP contribution in [-0.4, -0.2) is 0 Å². The number of hydrogen-bond donors (Lipinski definition) is 0. The Morgan fingerprint density at radius 1 is 0.542 bits per heavy atom. The van der Waals surface area contributed by atoms with Crippen molar-refractivity contribution in [1.29, 1.82) is 0 Å². The molecule has 0 N–H and O–H groups in total. The quantitative estimate of drug-likeness (QED) is 0.277. The summed E-state index contributed by atoms with van der Waals surface area (Å²) in [4.78, 5) is 0. The van der Waals surface area contributed by atoms with Crippen molar-refractivity contribution >= 4 is 32.3 Å². The van der Waals surface area contributed by atoms with Gasteiger partial charge in [-0.2, -0.15) is 0 Å². The zero-order valence-corrected chi connectivity index (χ0v) is 13.0. The zero-order valence-electron chi connectivity index (χ0n) is 13.0. The molecule has 0 spiro atoms. The van der Waals surface area contributed by atoms with Crippen molar-refractivity contribution in [2.75, 3.05) is 0 Å². The van der Waals surface area contributed by atoms with Crippen LogP contribution in [0.25, 0.3) is 54.6 Å². The first kappa shape index (κ1) is 12.3. The van der Waals surface area contributed by atoms with Crippen LogP contribution >= 0.6 is 0 Å². The Hall–Kier alpha value is -3.12. The van der Waals surface area contributed by atoms with E-state index < -0.39 is 0 Å². The molecule has 6 rings (SSSR count). The molecule has 1 aliphatic rings. The highest BCUT2D eigenvalue weighted by molar-refractivity contribution is 6.30. The molecule has 0 fully saturated rings. The second kappa shape index (κ2) is 4.24. The van der Waals surface area contributed by atoms with Gasteiger partial charge in [0, 0.05) is 0 Å². The second-order valence-corrected chi connectivity index (χ2v) is 6.48. The molecule has 0 heterocycles. The molecule has 0 aliphatic heterocycles. The van der Waals surface area contributed by atoms with Gasteiger partial charge >= 0.3 is 0 Å². The van der Waals surface area contributed by atoms with Gasteiger partial charge in [0.15, 0.2) is 0 Å². The molecular weight excluding hydrogens is 288 g/mol. The fourth-order valence-corrected chi connectivity index (χ4v) is 4.39. The van der Waals surface area contributed by atoms with E-state index in [-0.39, 0.29) is 0 Å². The van der Waals surface area contributed by atoms with Crippen LogP contribution < -0.4 is 0 Å². The normalized spacial score (nSPS) is 12.2. The maximum Gasteiger partial charge on any atom is -0.00137 e. The Morgan fingerprint density at radius 2 is 1.21 bits per heavy atom. The predicted octanol–water partition coefficient (Wildman–Crippen LogP) is 6.59. The number of fused-ring (bicyclic) bond motifs is 8. The summed E-state index contributed by atoms with van der Waals surface area (Å²) in [5.74, 6) is 0. The van der Waals surface area contributed by atoms with E-state index in [1.807, 2.05) is 6.07 Å². The Labute approximate surface area is 140 Å². The first-order chi connectivity index (χ1) is 11.9. The summed E-state index contributed by atoms with van der Waals surface area (Å²) >= 11 is 0. The molecule has 24 heavy (non-hydrogen) atoms. The van der Waals surface area contributed by atoms with Gasteiger partial charge in [0.2, 0.25) is 0 Å². The molecule has 0 saturated heterocycles. The molecule has 0 aromatic heterocycles. The van der Waals surface area contributed by atoms with E-state index in [1.165, 1.54) is 54.6 Å². The minimum atomic E-state index is 1.29. The third-order valence-electron chi connectivity index (χ3n) is 5.31. The van der Waals surface area contributed by atoms with Crippen LogP contribution in [0.3, 0.4) is 0 Å². The standard InChI is InChI=1S/C24H13/c1-3-11-18-16(9-1)17-10-2-4-12-19(17)24-21-14-6-8-15-7-5-13-20(22(15)21)23(18)24/h1,3-14H. The summed E-state index contributed by atoms with van der Waals surface area (Å²) in [5, 5.41) is 7.97. The monoisotopic (exact) mass is 301 g/mol. The van der Waals surface area contributed by atoms with Crippen LogP contribution in [-0.2, 0) is 0 Å². The highest BCUT2D eigenvalue weighted by atomic mass is 14.3. The summed E-state index contributed by atoms with van der Waals surface area (Å²) in [5.41, 5.74) is 5.49. The largest absolute Gasteiger partial charge is 0.0616 e. The van der Waals surface area contributed by atoms with Gasteiger partial charge in [-0.15, -0.1) is 0 Å². The minimum Gasteiger partial charge on any atom is -0.0616 e. The highest BCUT2D eigenvalue weighted by Crippen LogP contribution is 2.53. The lowest BCUT2D eigenvalue weighted by Gasteiger charge is -2.12. The minimum absolute atomic E-state index is 1.29. The zero-order chi connectivity index (χ0) is 15.7. The molecule has 109 valence electrons. The van der Waals surface area contributed by atoms with Gasteiger partial charge in [-0.1, -0.05) is 72.8 Å². The summed E-state index contributed by atoms with van der Waals surface area (Å²) < 4.78 is 0. The summed E-state index contributed by atoms with van der Waals surface area (Å²) in [6, 6.07) is 31.7. The van der Waals surface area contributed by atoms with E-state index in [4.69, 9.17) is 0 Å². The number of rotatable bonds is 0. The van der Waals surface area contributed by atoms with Crippen molar-refractivity contribution in [2.45, 2.75) is 0 Å². The number of benzene rings is 5. The van der Waals surface area contributed by atoms with Crippen LogP contribution in [0.5, 0.6) is 0 Å². The van der Waals surface area contributed by atoms with E-state index in [0.29, 0.717) is 0 Å². The molecule has 0 bridgehead atoms. The lowest BCUT2D eigenvalue weighted by Crippen LogP contribution is -1.85. The van der Waals surface area contributed by atoms with E-state index in [2.05, 4.69) is 78.9 Å². The molecule has 0 amide bonds. The third kappa shape index (κ3) is 1.35. The van der Waals surface area contributed by atoms with Gasteiger partial charge in [0.1, 0.15) is 0 Å². The third-order valence-corrected chi connectivity index (χ3v) is 5.31. The van der Waals surface area contributed by atoms with Gasteiger partial charge < -0.3 is 0 Å². The SMILES string of the molecule is [c]1ccc2c3c(c4ccccc4c2c1)-c1cccc2cccc-3c12. The lowest BCUT2D eigenvalue weighted by atomic mass is 9.90. The molecule has 0 unspecified atom stereocenters. The van der Waals surface area contributed by atoms with Crippen LogP contribution in [0.4, 0.5) is 0 Å². The first-order valence-corrected chi connectivity index (χ1v) is 8.30. The molecule has 0 saturated carbocycles. The fourth-order valence-electron chi connectivity index (χ4n) is 4.39. The molecule has 1 radical (unpaired) electrons. The molecule has 1 aliphatic carbocycles. The maximum atomic E-state index is 3.26. The molecule has 0 atom stereocenters. The van der Waals surface area contributed by atoms with Crippen molar-refractivity contribution < 1.29 is 0 Å². The summed E-state index contributed by atoms with van der Waals surface area (Å²) in [6.07, 6.45) is 0. The molecular formula is C24H13. The van der Waals surface area contributed by atoms with Crippen LogP contribution in [0, 0.1) is 6.07 Å². The van der Waals surface area contributed by atoms with E-state index >= 15 is 0 Å². The average Bonchev–Trinajstić information content (AvgIpc) is 2.99. The van der Waals surface area contributed by atoms with E-state index in [9.17, 15) is 0 Å². The van der Waals surface area contributed by atoms with E-state index in [0.717, 1.165) is 0 Å². The summed E-state index contributed by atoms with van der Waals surface area (Å²) in [6.45, 7) is 0. The van der Waals surface area contributed by atoms with Crippen molar-refractivity contribution in [3.05, 3.63) is 84.9 Å². The maximum absolute atomic E-state index is 3.26. The highest BCUT2D eigenvalue weighted by Gasteiger charge is 2.25. The van der Waals surface area contributed by atoms with Gasteiger partial charge in [0.25, 0.3) is 0 Å². The smallest absolute Gasteiger partial charge is 0.00137 e. The molecule has 0 heteroatoms. The molecule has 0 nitrogen and oxygen atoms in total. The van der Waals surface area contributed by atoms with Crippen LogP contribution in [0.2, 0.25) is 0 Å². The molecule has 5 aromatic rings. The number of hydrogen-bond acceptors (Lipinski definition) is 0. The van der Waals surface area contributed by atoms with Gasteiger partial charge in [-0.3, -0.25) is 0 Å². The van der Waals surface area contributed by atoms with Crippen LogP contribution in [0.1, 0.15) is 0 Å². The Kier molecular flexibility index (Phi) is 2.18. The van der Waals surface area contributed by atoms with E-state index in [1.54, 1.807) is 0 Å². The van der Waals surface area contributed by atoms with Crippen LogP contribution in [0.15, 0.2) is 78.9 Å². The summed E-state index contributed by atoms with van der Waals surface area (Å²) in [7, 11) is 0. The Morgan fingerprint density at radius 3 is 1.96 bits per heavy atom. The van der Waals surface area contributed by atoms with Crippen molar-refractivity contribution in [3.8, 4) is 22.3 Å². The predicted molar refractivity (Wildman–Crippen MR) is 102 cm³/mol. The van der Waals surface area contributed by atoms with Crippen molar-refractivity contribution in [2.24, 2.45) is 0 Å². The Balaban J connectivity index is 2.00. The average molecular weight is 301 g/mol. The van der Waals surface area contributed by atoms with Gasteiger partial charge in [-0.25, -0.2) is 0 Å². The van der Waals surface area contributed by atoms with Gasteiger partial charge in [0.05, 0.1) is 0 Å². The lowest BCUT2D eigenvalue weighted by molar-refractivity contribution is 1.74. The van der Waals surface area contributed by atoms with Gasteiger partial charge in [-0.05, 0) is 66.7 Å². The second-order valence-electron chi connectivity index (χ2n) is 6.48. The van der Waals surface area contributed by atoms with Crippen molar-refractivity contribution in [3.63, 3.8) is 0 Å².